The van der Waals surface area contributed by atoms with Crippen LogP contribution < -0.4 is 15.0 Å². The van der Waals surface area contributed by atoms with Gasteiger partial charge < -0.3 is 29.7 Å². The summed E-state index contributed by atoms with van der Waals surface area (Å²) in [5.74, 6) is 1.32. The van der Waals surface area contributed by atoms with Crippen LogP contribution in [0.2, 0.25) is 5.02 Å². The number of aromatic hydroxyl groups is 1. The lowest BCUT2D eigenvalue weighted by Crippen LogP contribution is -2.51. The lowest BCUT2D eigenvalue weighted by Gasteiger charge is -2.36. The number of nitrogens with one attached hydrogen (secondary N) is 1. The van der Waals surface area contributed by atoms with Crippen molar-refractivity contribution in [3.63, 3.8) is 0 Å². The minimum atomic E-state index is -0.721. The molecule has 2 aromatic heterocycles. The number of benzene rings is 2. The van der Waals surface area contributed by atoms with Crippen molar-refractivity contribution >= 4 is 50.9 Å². The molecule has 9 nitrogen and oxygen atoms in total. The van der Waals surface area contributed by atoms with Crippen LogP contribution in [0.3, 0.4) is 0 Å². The van der Waals surface area contributed by atoms with Crippen molar-refractivity contribution in [2.45, 2.75) is 31.3 Å². The summed E-state index contributed by atoms with van der Waals surface area (Å²) < 4.78 is 43.6. The van der Waals surface area contributed by atoms with Gasteiger partial charge in [0.25, 0.3) is 0 Å². The predicted octanol–water partition coefficient (Wildman–Crippen LogP) is 5.26. The third-order valence-electron chi connectivity index (χ3n) is 9.76. The predicted molar refractivity (Wildman–Crippen MR) is 176 cm³/mol. The first-order valence-corrected chi connectivity index (χ1v) is 17.4. The Hall–Kier alpha value is -3.03. The van der Waals surface area contributed by atoms with Gasteiger partial charge in [0.1, 0.15) is 35.2 Å². The van der Waals surface area contributed by atoms with Gasteiger partial charge >= 0.3 is 6.01 Å². The molecule has 0 aliphatic carbocycles. The van der Waals surface area contributed by atoms with E-state index < -0.39 is 11.6 Å². The van der Waals surface area contributed by atoms with Gasteiger partial charge in [-0.1, -0.05) is 17.7 Å². The van der Waals surface area contributed by atoms with Crippen molar-refractivity contribution in [3.8, 4) is 23.0 Å². The van der Waals surface area contributed by atoms with E-state index >= 15 is 4.39 Å². The molecule has 0 amide bonds. The highest BCUT2D eigenvalue weighted by atomic mass is 35.5. The number of pyridine rings is 1. The number of thioether (sulfide) groups is 1. The fourth-order valence-electron chi connectivity index (χ4n) is 7.44. The van der Waals surface area contributed by atoms with Gasteiger partial charge in [-0.05, 0) is 42.8 Å². The number of anilines is 1. The fraction of sp³-hybridized carbons (Fsp3) is 0.485. The molecule has 0 spiro atoms. The van der Waals surface area contributed by atoms with Gasteiger partial charge in [-0.2, -0.15) is 21.7 Å². The highest BCUT2D eigenvalue weighted by molar-refractivity contribution is 7.99. The Morgan fingerprint density at radius 3 is 2.70 bits per heavy atom. The van der Waals surface area contributed by atoms with E-state index in [-0.39, 0.29) is 44.4 Å². The first-order valence-electron chi connectivity index (χ1n) is 15.8. The van der Waals surface area contributed by atoms with E-state index in [0.717, 1.165) is 63.5 Å². The molecule has 3 atom stereocenters. The van der Waals surface area contributed by atoms with Crippen molar-refractivity contribution in [2.75, 3.05) is 69.0 Å². The number of hydrogen-bond acceptors (Lipinski definition) is 10. The molecule has 4 aliphatic heterocycles. The number of rotatable bonds is 7. The van der Waals surface area contributed by atoms with Crippen LogP contribution in [0.1, 0.15) is 19.3 Å². The molecule has 242 valence electrons. The van der Waals surface area contributed by atoms with Gasteiger partial charge in [0.05, 0.1) is 17.0 Å². The van der Waals surface area contributed by atoms with Crippen LogP contribution in [0.25, 0.3) is 32.9 Å². The Morgan fingerprint density at radius 2 is 1.93 bits per heavy atom. The Kier molecular flexibility index (Phi) is 8.04. The smallest absolute Gasteiger partial charge is 0.319 e. The van der Waals surface area contributed by atoms with Crippen LogP contribution in [0, 0.1) is 17.0 Å². The molecule has 46 heavy (non-hydrogen) atoms. The molecule has 0 radical (unpaired) electrons. The highest BCUT2D eigenvalue weighted by Gasteiger charge is 2.39. The lowest BCUT2D eigenvalue weighted by atomic mass is 9.87. The normalized spacial score (nSPS) is 25.2. The zero-order chi connectivity index (χ0) is 31.4. The van der Waals surface area contributed by atoms with Crippen molar-refractivity contribution in [1.29, 1.82) is 0 Å². The molecule has 1 unspecified atom stereocenters. The van der Waals surface area contributed by atoms with Gasteiger partial charge in [0.15, 0.2) is 5.82 Å². The second kappa shape index (κ2) is 12.2. The molecular weight excluding hydrogens is 634 g/mol. The average Bonchev–Trinajstić information content (AvgIpc) is 3.67. The summed E-state index contributed by atoms with van der Waals surface area (Å²) in [5, 5.41) is 15.2. The molecule has 8 rings (SSSR count). The van der Waals surface area contributed by atoms with E-state index in [1.165, 1.54) is 24.3 Å². The molecule has 4 aliphatic rings. The number of ether oxygens (including phenoxy) is 2. The number of fused-ring (bicyclic) bond motifs is 4. The van der Waals surface area contributed by atoms with E-state index in [4.69, 9.17) is 26.1 Å². The number of hydrogen-bond donors (Lipinski definition) is 2. The summed E-state index contributed by atoms with van der Waals surface area (Å²) in [6, 6.07) is 6.25. The number of nitrogens with zero attached hydrogens (tertiary/aromatic N) is 5. The van der Waals surface area contributed by atoms with Gasteiger partial charge in [-0.25, -0.2) is 8.78 Å². The van der Waals surface area contributed by atoms with Crippen molar-refractivity contribution in [3.05, 3.63) is 47.1 Å². The molecule has 6 heterocycles. The molecule has 13 heteroatoms. The van der Waals surface area contributed by atoms with Crippen LogP contribution in [-0.2, 0) is 4.74 Å². The highest BCUT2D eigenvalue weighted by Crippen LogP contribution is 2.41. The van der Waals surface area contributed by atoms with Crippen LogP contribution in [0.15, 0.2) is 30.5 Å². The van der Waals surface area contributed by atoms with Crippen LogP contribution in [0.4, 0.5) is 14.6 Å². The SMILES string of the molecule is Oc1cc(-c2ncc3c(N4C[C@H]5CC[C@@H](C4)N5)nc(OCC4(CN5CCSCC5)CCOC4)nc3c2F)c2c(Cl)c(F)ccc2c1. The minimum Gasteiger partial charge on any atom is -0.508 e. The van der Waals surface area contributed by atoms with E-state index in [1.807, 2.05) is 11.8 Å². The number of aromatic nitrogens is 3. The summed E-state index contributed by atoms with van der Waals surface area (Å²) in [5.41, 5.74) is -0.0913. The van der Waals surface area contributed by atoms with Gasteiger partial charge in [0, 0.05) is 85.5 Å². The van der Waals surface area contributed by atoms with Crippen LogP contribution in [-0.4, -0.2) is 101 Å². The van der Waals surface area contributed by atoms with Crippen molar-refractivity contribution in [2.24, 2.45) is 5.41 Å². The maximum atomic E-state index is 16.8. The van der Waals surface area contributed by atoms with Crippen molar-refractivity contribution < 1.29 is 23.4 Å². The first-order chi connectivity index (χ1) is 22.4. The number of phenolic OH excluding ortho intramolecular Hbond substituents is 1. The monoisotopic (exact) mass is 668 g/mol. The summed E-state index contributed by atoms with van der Waals surface area (Å²) in [4.78, 5) is 18.7. The molecule has 4 aromatic rings. The standard InChI is InChI=1S/C33H35ClF2N6O3S/c34-27-25(35)4-1-19-11-22(43)12-23(26(19)27)29-28(36)30-24(13-37-29)31(42-14-20-2-3-21(15-42)38-20)40-32(39-30)45-18-33(5-8-44-17-33)16-41-6-9-46-10-7-41/h1,4,11-13,20-21,38,43H,2-3,5-10,14-18H2/t20-,21+,33?. The largest absolute Gasteiger partial charge is 0.508 e. The average molecular weight is 669 g/mol. The number of halogens is 3. The van der Waals surface area contributed by atoms with E-state index in [1.54, 1.807) is 6.20 Å². The van der Waals surface area contributed by atoms with Gasteiger partial charge in [-0.15, -0.1) is 0 Å². The quantitative estimate of drug-likeness (QED) is 0.272. The van der Waals surface area contributed by atoms with E-state index in [2.05, 4.69) is 25.1 Å². The summed E-state index contributed by atoms with van der Waals surface area (Å²) in [6.45, 7) is 5.98. The molecule has 2 N–H and O–H groups in total. The van der Waals surface area contributed by atoms with E-state index in [9.17, 15) is 9.50 Å². The third kappa shape index (κ3) is 5.61. The summed E-state index contributed by atoms with van der Waals surface area (Å²) in [6.07, 6.45) is 4.57. The fourth-order valence-corrected chi connectivity index (χ4v) is 8.69. The van der Waals surface area contributed by atoms with Crippen molar-refractivity contribution in [1.82, 2.24) is 25.2 Å². The Bertz CT molecular complexity index is 1790. The Labute approximate surface area is 274 Å². The Morgan fingerprint density at radius 1 is 1.13 bits per heavy atom. The van der Waals surface area contributed by atoms with Gasteiger partial charge in [0.2, 0.25) is 0 Å². The molecule has 2 aromatic carbocycles. The number of phenols is 1. The molecule has 2 bridgehead atoms. The number of piperazine rings is 1. The minimum absolute atomic E-state index is 0.0460. The van der Waals surface area contributed by atoms with Gasteiger partial charge in [-0.3, -0.25) is 4.98 Å². The molecular formula is C33H35ClF2N6O3S. The molecule has 4 saturated heterocycles. The van der Waals surface area contributed by atoms with Crippen LogP contribution in [0.5, 0.6) is 11.8 Å². The second-order valence-electron chi connectivity index (χ2n) is 13.0. The second-order valence-corrected chi connectivity index (χ2v) is 14.6. The topological polar surface area (TPSA) is 95.9 Å². The maximum Gasteiger partial charge on any atom is 0.319 e. The zero-order valence-corrected chi connectivity index (χ0v) is 26.8. The summed E-state index contributed by atoms with van der Waals surface area (Å²) in [7, 11) is 0. The zero-order valence-electron chi connectivity index (χ0n) is 25.3. The lowest BCUT2D eigenvalue weighted by molar-refractivity contribution is 0.0659. The molecule has 0 saturated carbocycles. The molecule has 4 fully saturated rings. The Balaban J connectivity index is 1.22. The van der Waals surface area contributed by atoms with Crippen LogP contribution >= 0.6 is 23.4 Å². The van der Waals surface area contributed by atoms with E-state index in [0.29, 0.717) is 48.5 Å². The first kappa shape index (κ1) is 30.3. The third-order valence-corrected chi connectivity index (χ3v) is 11.1. The maximum absolute atomic E-state index is 16.8. The summed E-state index contributed by atoms with van der Waals surface area (Å²) >= 11 is 8.37.